The topological polar surface area (TPSA) is 33.1 Å². The van der Waals surface area contributed by atoms with Crippen molar-refractivity contribution in [2.75, 3.05) is 7.05 Å². The number of rotatable bonds is 3. The van der Waals surface area contributed by atoms with Crippen LogP contribution in [-0.4, -0.2) is 39.9 Å². The Morgan fingerprint density at radius 1 is 1.14 bits per heavy atom. The van der Waals surface area contributed by atoms with E-state index in [0.29, 0.717) is 12.1 Å². The zero-order chi connectivity index (χ0) is 15.1. The number of piperidine rings is 2. The SMILES string of the molecule is Cc1nn(C)c(C)c1C(C)NC1CC2CCCC(C1)N2C. The zero-order valence-electron chi connectivity index (χ0n) is 14.2. The Balaban J connectivity index is 1.69. The second-order valence-corrected chi connectivity index (χ2v) is 7.17. The van der Waals surface area contributed by atoms with Crippen LogP contribution < -0.4 is 5.32 Å². The van der Waals surface area contributed by atoms with Crippen molar-refractivity contribution in [2.24, 2.45) is 7.05 Å². The highest BCUT2D eigenvalue weighted by molar-refractivity contribution is 5.27. The van der Waals surface area contributed by atoms with Gasteiger partial charge in [-0.25, -0.2) is 0 Å². The summed E-state index contributed by atoms with van der Waals surface area (Å²) in [5, 5.41) is 8.46. The van der Waals surface area contributed by atoms with E-state index in [1.807, 2.05) is 11.7 Å². The quantitative estimate of drug-likeness (QED) is 0.929. The fourth-order valence-corrected chi connectivity index (χ4v) is 4.61. The number of hydrogen-bond donors (Lipinski definition) is 1. The van der Waals surface area contributed by atoms with Gasteiger partial charge in [-0.15, -0.1) is 0 Å². The van der Waals surface area contributed by atoms with E-state index in [9.17, 15) is 0 Å². The highest BCUT2D eigenvalue weighted by Gasteiger charge is 2.36. The van der Waals surface area contributed by atoms with Crippen molar-refractivity contribution in [1.29, 1.82) is 0 Å². The maximum atomic E-state index is 4.56. The molecule has 2 aliphatic heterocycles. The number of fused-ring (bicyclic) bond motifs is 2. The Bertz CT molecular complexity index is 493. The van der Waals surface area contributed by atoms with Gasteiger partial charge in [-0.3, -0.25) is 4.68 Å². The number of aromatic nitrogens is 2. The highest BCUT2D eigenvalue weighted by Crippen LogP contribution is 2.34. The van der Waals surface area contributed by atoms with Crippen LogP contribution in [0.4, 0.5) is 0 Å². The maximum absolute atomic E-state index is 4.56. The first kappa shape index (κ1) is 15.0. The fraction of sp³-hybridized carbons (Fsp3) is 0.824. The molecule has 4 nitrogen and oxygen atoms in total. The van der Waals surface area contributed by atoms with Crippen LogP contribution in [-0.2, 0) is 7.05 Å². The lowest BCUT2D eigenvalue weighted by Gasteiger charge is -2.47. The van der Waals surface area contributed by atoms with Gasteiger partial charge in [-0.05, 0) is 53.5 Å². The summed E-state index contributed by atoms with van der Waals surface area (Å²) in [6.07, 6.45) is 6.78. The maximum Gasteiger partial charge on any atom is 0.0644 e. The fourth-order valence-electron chi connectivity index (χ4n) is 4.61. The third-order valence-corrected chi connectivity index (χ3v) is 5.82. The Morgan fingerprint density at radius 3 is 2.29 bits per heavy atom. The van der Waals surface area contributed by atoms with E-state index < -0.39 is 0 Å². The minimum atomic E-state index is 0.396. The third-order valence-electron chi connectivity index (χ3n) is 5.82. The average Bonchev–Trinajstić information content (AvgIpc) is 2.64. The molecule has 1 aromatic heterocycles. The normalized spacial score (nSPS) is 31.4. The number of aryl methyl sites for hydroxylation is 2. The molecule has 0 spiro atoms. The highest BCUT2D eigenvalue weighted by atomic mass is 15.3. The Hall–Kier alpha value is -0.870. The van der Waals surface area contributed by atoms with Gasteiger partial charge >= 0.3 is 0 Å². The second-order valence-electron chi connectivity index (χ2n) is 7.17. The van der Waals surface area contributed by atoms with Crippen LogP contribution in [0.3, 0.4) is 0 Å². The lowest BCUT2D eigenvalue weighted by molar-refractivity contribution is 0.0462. The van der Waals surface area contributed by atoms with Gasteiger partial charge in [0.15, 0.2) is 0 Å². The minimum Gasteiger partial charge on any atom is -0.307 e. The molecule has 2 bridgehead atoms. The molecule has 2 fully saturated rings. The molecule has 0 aliphatic carbocycles. The molecule has 1 aromatic rings. The summed E-state index contributed by atoms with van der Waals surface area (Å²) < 4.78 is 2.01. The molecule has 0 saturated carbocycles. The molecule has 0 aromatic carbocycles. The summed E-state index contributed by atoms with van der Waals surface area (Å²) in [7, 11) is 4.36. The van der Waals surface area contributed by atoms with E-state index in [2.05, 4.69) is 43.1 Å². The van der Waals surface area contributed by atoms with Crippen molar-refractivity contribution in [3.63, 3.8) is 0 Å². The van der Waals surface area contributed by atoms with Crippen molar-refractivity contribution in [2.45, 2.75) is 77.0 Å². The van der Waals surface area contributed by atoms with Gasteiger partial charge in [0.05, 0.1) is 5.69 Å². The van der Waals surface area contributed by atoms with Crippen LogP contribution in [0, 0.1) is 13.8 Å². The molecule has 3 atom stereocenters. The first-order valence-corrected chi connectivity index (χ1v) is 8.45. The molecule has 4 heteroatoms. The zero-order valence-corrected chi connectivity index (χ0v) is 14.2. The van der Waals surface area contributed by atoms with Gasteiger partial charge in [-0.1, -0.05) is 6.42 Å². The summed E-state index contributed by atoms with van der Waals surface area (Å²) in [5.74, 6) is 0. The van der Waals surface area contributed by atoms with Crippen molar-refractivity contribution in [1.82, 2.24) is 20.0 Å². The van der Waals surface area contributed by atoms with Crippen LogP contribution >= 0.6 is 0 Å². The van der Waals surface area contributed by atoms with Crippen molar-refractivity contribution in [3.8, 4) is 0 Å². The molecule has 3 heterocycles. The number of nitrogens with one attached hydrogen (secondary N) is 1. The van der Waals surface area contributed by atoms with Gasteiger partial charge in [0.2, 0.25) is 0 Å². The van der Waals surface area contributed by atoms with Crippen LogP contribution in [0.1, 0.15) is 62.0 Å². The van der Waals surface area contributed by atoms with Crippen LogP contribution in [0.25, 0.3) is 0 Å². The van der Waals surface area contributed by atoms with E-state index in [-0.39, 0.29) is 0 Å². The van der Waals surface area contributed by atoms with E-state index in [0.717, 1.165) is 12.1 Å². The van der Waals surface area contributed by atoms with Crippen molar-refractivity contribution < 1.29 is 0 Å². The van der Waals surface area contributed by atoms with Crippen LogP contribution in [0.15, 0.2) is 0 Å². The van der Waals surface area contributed by atoms with Gasteiger partial charge in [0.25, 0.3) is 0 Å². The second kappa shape index (κ2) is 5.73. The Kier molecular flexibility index (Phi) is 4.10. The predicted octanol–water partition coefficient (Wildman–Crippen LogP) is 2.70. The summed E-state index contributed by atoms with van der Waals surface area (Å²) in [5.41, 5.74) is 3.85. The van der Waals surface area contributed by atoms with Crippen molar-refractivity contribution in [3.05, 3.63) is 17.0 Å². The molecule has 1 N–H and O–H groups in total. The minimum absolute atomic E-state index is 0.396. The number of hydrogen-bond acceptors (Lipinski definition) is 3. The van der Waals surface area contributed by atoms with Gasteiger partial charge in [-0.2, -0.15) is 5.10 Å². The third kappa shape index (κ3) is 2.76. The summed E-state index contributed by atoms with van der Waals surface area (Å²) in [4.78, 5) is 2.63. The van der Waals surface area contributed by atoms with Crippen molar-refractivity contribution >= 4 is 0 Å². The largest absolute Gasteiger partial charge is 0.307 e. The predicted molar refractivity (Wildman–Crippen MR) is 86.4 cm³/mol. The first-order chi connectivity index (χ1) is 9.97. The van der Waals surface area contributed by atoms with Crippen LogP contribution in [0.2, 0.25) is 0 Å². The molecule has 3 unspecified atom stereocenters. The van der Waals surface area contributed by atoms with E-state index in [1.165, 1.54) is 49.1 Å². The van der Waals surface area contributed by atoms with E-state index in [4.69, 9.17) is 0 Å². The Labute approximate surface area is 128 Å². The average molecular weight is 290 g/mol. The van der Waals surface area contributed by atoms with Gasteiger partial charge in [0, 0.05) is 42.5 Å². The summed E-state index contributed by atoms with van der Waals surface area (Å²) >= 11 is 0. The number of nitrogens with zero attached hydrogens (tertiary/aromatic N) is 3. The molecule has 21 heavy (non-hydrogen) atoms. The molecule has 2 saturated heterocycles. The summed E-state index contributed by atoms with van der Waals surface area (Å²) in [6.45, 7) is 6.60. The molecular formula is C17H30N4. The van der Waals surface area contributed by atoms with Gasteiger partial charge in [0.1, 0.15) is 0 Å². The van der Waals surface area contributed by atoms with E-state index >= 15 is 0 Å². The lowest BCUT2D eigenvalue weighted by atomic mass is 9.82. The smallest absolute Gasteiger partial charge is 0.0644 e. The monoisotopic (exact) mass is 290 g/mol. The van der Waals surface area contributed by atoms with E-state index in [1.54, 1.807) is 0 Å². The molecule has 0 radical (unpaired) electrons. The lowest BCUT2D eigenvalue weighted by Crippen LogP contribution is -2.54. The molecule has 3 rings (SSSR count). The first-order valence-electron chi connectivity index (χ1n) is 8.45. The Morgan fingerprint density at radius 2 is 1.76 bits per heavy atom. The van der Waals surface area contributed by atoms with Crippen LogP contribution in [0.5, 0.6) is 0 Å². The summed E-state index contributed by atoms with van der Waals surface area (Å²) in [6, 6.07) is 2.63. The van der Waals surface area contributed by atoms with Gasteiger partial charge < -0.3 is 10.2 Å². The molecule has 118 valence electrons. The molecule has 2 aliphatic rings. The standard InChI is InChI=1S/C17H30N4/c1-11(17-12(2)19-21(5)13(17)3)18-14-9-15-7-6-8-16(10-14)20(15)4/h11,14-16,18H,6-10H2,1-5H3. The molecule has 0 amide bonds. The molecular weight excluding hydrogens is 260 g/mol.